The monoisotopic (exact) mass is 188 g/mol. The van der Waals surface area contributed by atoms with Gasteiger partial charge in [0.15, 0.2) is 0 Å². The van der Waals surface area contributed by atoms with Crippen molar-refractivity contribution in [2.45, 2.75) is 6.92 Å². The molecular formula is C4H5AgN2. The molecule has 0 aliphatic rings. The summed E-state index contributed by atoms with van der Waals surface area (Å²) in [5, 5.41) is 7.14. The number of aromatic nitrogens is 2. The Morgan fingerprint density at radius 3 is 2.57 bits per heavy atom. The van der Waals surface area contributed by atoms with Gasteiger partial charge >= 0.3 is 22.4 Å². The Bertz CT molecular complexity index is 113. The second-order valence-electron chi connectivity index (χ2n) is 1.23. The third kappa shape index (κ3) is 1.92. The van der Waals surface area contributed by atoms with Crippen molar-refractivity contribution >= 4 is 0 Å². The fourth-order valence-electron chi connectivity index (χ4n) is 0.282. The number of hydrogen-bond acceptors (Lipinski definition) is 1. The Balaban J connectivity index is 0.000000360. The molecule has 0 spiro atoms. The smallest absolute Gasteiger partial charge is 0.582 e. The molecule has 0 N–H and O–H groups in total. The van der Waals surface area contributed by atoms with Gasteiger partial charge in [0, 0.05) is 6.20 Å². The van der Waals surface area contributed by atoms with Crippen molar-refractivity contribution in [3.63, 3.8) is 0 Å². The fraction of sp³-hybridized carbons (Fsp3) is 0.250. The van der Waals surface area contributed by atoms with Crippen molar-refractivity contribution in [1.29, 1.82) is 0 Å². The molecule has 3 heteroatoms. The van der Waals surface area contributed by atoms with E-state index >= 15 is 0 Å². The van der Waals surface area contributed by atoms with E-state index < -0.39 is 0 Å². The summed E-state index contributed by atoms with van der Waals surface area (Å²) in [5.74, 6) is 0. The Kier molecular flexibility index (Phi) is 3.00. The largest absolute Gasteiger partial charge is 1.00 e. The summed E-state index contributed by atoms with van der Waals surface area (Å²) in [4.78, 5) is 0. The maximum atomic E-state index is 3.57. The molecule has 2 nitrogen and oxygen atoms in total. The Morgan fingerprint density at radius 2 is 2.43 bits per heavy atom. The van der Waals surface area contributed by atoms with Crippen LogP contribution in [-0.4, -0.2) is 5.10 Å². The molecule has 0 aromatic carbocycles. The van der Waals surface area contributed by atoms with Crippen LogP contribution in [0.25, 0.3) is 0 Å². The Hall–Kier alpha value is -0.0497. The molecule has 0 atom stereocenters. The van der Waals surface area contributed by atoms with E-state index in [0.717, 1.165) is 5.56 Å². The van der Waals surface area contributed by atoms with E-state index in [2.05, 4.69) is 10.2 Å². The van der Waals surface area contributed by atoms with Gasteiger partial charge in [0.05, 0.1) is 0 Å². The van der Waals surface area contributed by atoms with Crippen LogP contribution in [0.4, 0.5) is 0 Å². The Labute approximate surface area is 57.8 Å². The van der Waals surface area contributed by atoms with E-state index in [0.29, 0.717) is 0 Å². The van der Waals surface area contributed by atoms with Gasteiger partial charge in [-0.05, 0) is 6.92 Å². The molecule has 0 fully saturated rings. The summed E-state index contributed by atoms with van der Waals surface area (Å²) in [6.07, 6.45) is 3.44. The second-order valence-corrected chi connectivity index (χ2v) is 1.23. The molecule has 0 saturated carbocycles. The van der Waals surface area contributed by atoms with Crippen LogP contribution < -0.4 is 5.10 Å². The van der Waals surface area contributed by atoms with E-state index in [9.17, 15) is 0 Å². The van der Waals surface area contributed by atoms with Crippen LogP contribution in [-0.2, 0) is 22.4 Å². The summed E-state index contributed by atoms with van der Waals surface area (Å²) in [5.41, 5.74) is 1.12. The van der Waals surface area contributed by atoms with Gasteiger partial charge in [0.1, 0.15) is 0 Å². The van der Waals surface area contributed by atoms with Gasteiger partial charge in [-0.25, -0.2) is 0 Å². The average molecular weight is 189 g/mol. The Morgan fingerprint density at radius 1 is 1.71 bits per heavy atom. The zero-order valence-electron chi connectivity index (χ0n) is 3.85. The molecular weight excluding hydrogens is 184 g/mol. The first-order valence-electron chi connectivity index (χ1n) is 1.79. The molecule has 0 amide bonds. The van der Waals surface area contributed by atoms with Gasteiger partial charge in [0.2, 0.25) is 0 Å². The fourth-order valence-corrected chi connectivity index (χ4v) is 0.282. The topological polar surface area (TPSA) is 27.0 Å². The maximum absolute atomic E-state index is 3.57. The van der Waals surface area contributed by atoms with Gasteiger partial charge in [-0.2, -0.15) is 6.20 Å². The van der Waals surface area contributed by atoms with Crippen LogP contribution in [0.1, 0.15) is 5.56 Å². The molecule has 1 aromatic heterocycles. The molecule has 0 bridgehead atoms. The number of aryl methyl sites for hydroxylation is 1. The van der Waals surface area contributed by atoms with Gasteiger partial charge < -0.3 is 10.2 Å². The predicted molar refractivity (Wildman–Crippen MR) is 22.3 cm³/mol. The van der Waals surface area contributed by atoms with E-state index in [1.54, 1.807) is 12.4 Å². The van der Waals surface area contributed by atoms with Crippen molar-refractivity contribution in [2.24, 2.45) is 0 Å². The third-order valence-electron chi connectivity index (χ3n) is 0.589. The van der Waals surface area contributed by atoms with E-state index in [4.69, 9.17) is 0 Å². The molecule has 7 heavy (non-hydrogen) atoms. The number of nitrogens with zero attached hydrogens (tertiary/aromatic N) is 2. The molecule has 1 heterocycles. The zero-order chi connectivity index (χ0) is 4.41. The van der Waals surface area contributed by atoms with Crippen LogP contribution in [0.3, 0.4) is 0 Å². The normalized spacial score (nSPS) is 7.57. The third-order valence-corrected chi connectivity index (χ3v) is 0.589. The SMILES string of the molecule is Cc1cn[n-]c1.[Ag+]. The van der Waals surface area contributed by atoms with Gasteiger partial charge in [0.25, 0.3) is 0 Å². The van der Waals surface area contributed by atoms with Gasteiger partial charge in [-0.15, -0.1) is 0 Å². The van der Waals surface area contributed by atoms with Crippen molar-refractivity contribution < 1.29 is 22.4 Å². The first kappa shape index (κ1) is 6.95. The van der Waals surface area contributed by atoms with Crippen molar-refractivity contribution in [3.8, 4) is 0 Å². The molecule has 0 saturated heterocycles. The van der Waals surface area contributed by atoms with E-state index in [1.807, 2.05) is 6.92 Å². The maximum Gasteiger partial charge on any atom is 1.00 e. The van der Waals surface area contributed by atoms with Crippen LogP contribution in [0.15, 0.2) is 12.4 Å². The van der Waals surface area contributed by atoms with Gasteiger partial charge in [-0.1, -0.05) is 5.56 Å². The summed E-state index contributed by atoms with van der Waals surface area (Å²) in [6, 6.07) is 0. The summed E-state index contributed by atoms with van der Waals surface area (Å²) in [7, 11) is 0. The van der Waals surface area contributed by atoms with Crippen LogP contribution in [0, 0.1) is 6.92 Å². The number of hydrogen-bond donors (Lipinski definition) is 0. The van der Waals surface area contributed by atoms with Crippen LogP contribution >= 0.6 is 0 Å². The summed E-state index contributed by atoms with van der Waals surface area (Å²) < 4.78 is 0. The molecule has 42 valence electrons. The van der Waals surface area contributed by atoms with Crippen LogP contribution in [0.5, 0.6) is 0 Å². The van der Waals surface area contributed by atoms with Crippen LogP contribution in [0.2, 0.25) is 0 Å². The first-order valence-corrected chi connectivity index (χ1v) is 1.79. The average Bonchev–Trinajstić information content (AvgIpc) is 1.86. The quantitative estimate of drug-likeness (QED) is 0.550. The number of rotatable bonds is 0. The predicted octanol–water partition coefficient (Wildman–Crippen LogP) is 0.345. The van der Waals surface area contributed by atoms with E-state index in [-0.39, 0.29) is 22.4 Å². The molecule has 1 rings (SSSR count). The van der Waals surface area contributed by atoms with Crippen molar-refractivity contribution in [3.05, 3.63) is 18.0 Å². The van der Waals surface area contributed by atoms with E-state index in [1.165, 1.54) is 0 Å². The minimum Gasteiger partial charge on any atom is -0.582 e. The minimum absolute atomic E-state index is 0. The van der Waals surface area contributed by atoms with Crippen molar-refractivity contribution in [2.75, 3.05) is 0 Å². The molecule has 0 aliphatic carbocycles. The molecule has 0 aliphatic heterocycles. The molecule has 0 unspecified atom stereocenters. The zero-order valence-corrected chi connectivity index (χ0v) is 5.33. The summed E-state index contributed by atoms with van der Waals surface area (Å²) in [6.45, 7) is 1.96. The molecule has 0 radical (unpaired) electrons. The second kappa shape index (κ2) is 3.02. The summed E-state index contributed by atoms with van der Waals surface area (Å²) >= 11 is 0. The molecule has 1 aromatic rings. The van der Waals surface area contributed by atoms with Gasteiger partial charge in [-0.3, -0.25) is 0 Å². The standard InChI is InChI=1S/C4H5N2.Ag/c1-4-2-5-6-3-4;/h2-3H,1H3;/q-1;+1. The minimum atomic E-state index is 0. The first-order chi connectivity index (χ1) is 2.89. The van der Waals surface area contributed by atoms with Crippen molar-refractivity contribution in [1.82, 2.24) is 10.2 Å².